The van der Waals surface area contributed by atoms with Gasteiger partial charge in [-0.15, -0.1) is 10.2 Å². The third kappa shape index (κ3) is 5.48. The van der Waals surface area contributed by atoms with Gasteiger partial charge in [0.15, 0.2) is 15.6 Å². The predicted molar refractivity (Wildman–Crippen MR) is 114 cm³/mol. The monoisotopic (exact) mass is 477 g/mol. The molecular formula is C19H20BrN5O3S. The number of hydrogen-bond donors (Lipinski definition) is 2. The van der Waals surface area contributed by atoms with Crippen LogP contribution in [0, 0.1) is 0 Å². The van der Waals surface area contributed by atoms with Crippen molar-refractivity contribution in [3.8, 4) is 11.6 Å². The average Bonchev–Trinajstić information content (AvgIpc) is 3.29. The number of urea groups is 1. The Bertz CT molecular complexity index is 989. The Hall–Kier alpha value is -2.59. The maximum Gasteiger partial charge on any atom is 0.321 e. The number of aromatic nitrogens is 3. The second-order valence-electron chi connectivity index (χ2n) is 6.09. The summed E-state index contributed by atoms with van der Waals surface area (Å²) in [5.41, 5.74) is 1.06. The fraction of sp³-hybridized carbons (Fsp3) is 0.263. The fourth-order valence-corrected chi connectivity index (χ4v) is 3.69. The van der Waals surface area contributed by atoms with Crippen molar-refractivity contribution in [1.82, 2.24) is 25.4 Å². The van der Waals surface area contributed by atoms with E-state index in [-0.39, 0.29) is 0 Å². The van der Waals surface area contributed by atoms with E-state index in [1.54, 1.807) is 26.0 Å². The summed E-state index contributed by atoms with van der Waals surface area (Å²) < 4.78 is 8.12. The lowest BCUT2D eigenvalue weighted by atomic mass is 10.2. The molecule has 0 saturated carbocycles. The number of nitrogens with one attached hydrogen (secondary N) is 2. The zero-order valence-electron chi connectivity index (χ0n) is 15.9. The molecular weight excluding hydrogens is 458 g/mol. The highest BCUT2D eigenvalue weighted by Gasteiger charge is 2.23. The molecule has 1 unspecified atom stereocenters. The Balaban J connectivity index is 1.85. The van der Waals surface area contributed by atoms with Crippen molar-refractivity contribution in [2.45, 2.75) is 30.8 Å². The van der Waals surface area contributed by atoms with Crippen molar-refractivity contribution in [3.05, 3.63) is 52.7 Å². The van der Waals surface area contributed by atoms with Crippen LogP contribution in [0.2, 0.25) is 0 Å². The molecule has 0 spiro atoms. The molecule has 3 amide bonds. The van der Waals surface area contributed by atoms with Crippen molar-refractivity contribution >= 4 is 39.6 Å². The normalized spacial score (nSPS) is 11.8. The van der Waals surface area contributed by atoms with Gasteiger partial charge in [-0.2, -0.15) is 0 Å². The lowest BCUT2D eigenvalue weighted by Crippen LogP contribution is -2.42. The second kappa shape index (κ2) is 9.75. The van der Waals surface area contributed by atoms with Crippen molar-refractivity contribution in [3.63, 3.8) is 0 Å². The molecule has 1 aromatic carbocycles. The number of nitrogens with zero attached hydrogens (tertiary/aromatic N) is 3. The first kappa shape index (κ1) is 21.1. The molecule has 0 aliphatic carbocycles. The van der Waals surface area contributed by atoms with Gasteiger partial charge < -0.3 is 9.73 Å². The molecule has 8 nitrogen and oxygen atoms in total. The summed E-state index contributed by atoms with van der Waals surface area (Å²) in [6, 6.07) is 12.9. The summed E-state index contributed by atoms with van der Waals surface area (Å²) in [5, 5.41) is 13.4. The van der Waals surface area contributed by atoms with E-state index in [9.17, 15) is 9.59 Å². The molecule has 0 fully saturated rings. The number of thioether (sulfide) groups is 1. The van der Waals surface area contributed by atoms with Crippen molar-refractivity contribution in [2.24, 2.45) is 0 Å². The van der Waals surface area contributed by atoms with Crippen LogP contribution in [0.4, 0.5) is 4.79 Å². The van der Waals surface area contributed by atoms with Gasteiger partial charge in [-0.1, -0.05) is 42.1 Å². The molecule has 29 heavy (non-hydrogen) atoms. The van der Waals surface area contributed by atoms with Crippen LogP contribution in [0.1, 0.15) is 19.4 Å². The molecule has 1 atom stereocenters. The highest BCUT2D eigenvalue weighted by atomic mass is 79.9. The Morgan fingerprint density at radius 2 is 1.97 bits per heavy atom. The number of halogens is 1. The van der Waals surface area contributed by atoms with Gasteiger partial charge in [-0.3, -0.25) is 14.7 Å². The lowest BCUT2D eigenvalue weighted by molar-refractivity contribution is -0.119. The minimum absolute atomic E-state index is 0.405. The summed E-state index contributed by atoms with van der Waals surface area (Å²) in [4.78, 5) is 23.9. The second-order valence-corrected chi connectivity index (χ2v) is 8.18. The van der Waals surface area contributed by atoms with Crippen LogP contribution < -0.4 is 10.6 Å². The maximum absolute atomic E-state index is 12.3. The number of furan rings is 1. The van der Waals surface area contributed by atoms with Crippen molar-refractivity contribution < 1.29 is 14.0 Å². The molecule has 0 bridgehead atoms. The molecule has 152 valence electrons. The van der Waals surface area contributed by atoms with Crippen LogP contribution in [0.15, 0.2) is 56.7 Å². The summed E-state index contributed by atoms with van der Waals surface area (Å²) in [6.45, 7) is 4.44. The zero-order chi connectivity index (χ0) is 20.8. The first-order valence-corrected chi connectivity index (χ1v) is 10.6. The van der Waals surface area contributed by atoms with E-state index in [4.69, 9.17) is 4.42 Å². The van der Waals surface area contributed by atoms with Gasteiger partial charge in [-0.05, 0) is 47.5 Å². The Morgan fingerprint density at radius 1 is 1.21 bits per heavy atom. The van der Waals surface area contributed by atoms with Crippen LogP contribution in [-0.2, 0) is 11.3 Å². The van der Waals surface area contributed by atoms with E-state index in [0.29, 0.717) is 34.5 Å². The number of benzene rings is 1. The highest BCUT2D eigenvalue weighted by molar-refractivity contribution is 9.10. The smallest absolute Gasteiger partial charge is 0.321 e. The molecule has 0 aliphatic heterocycles. The van der Waals surface area contributed by atoms with Gasteiger partial charge in [0.25, 0.3) is 0 Å². The molecule has 0 aliphatic rings. The number of amides is 3. The lowest BCUT2D eigenvalue weighted by Gasteiger charge is -2.13. The molecule has 10 heteroatoms. The SMILES string of the molecule is CCNC(=O)NC(=O)C(C)Sc1nnc(-c2ccc(Br)o2)n1Cc1ccccc1. The molecule has 2 aromatic heterocycles. The van der Waals surface area contributed by atoms with Gasteiger partial charge in [0, 0.05) is 6.54 Å². The van der Waals surface area contributed by atoms with E-state index in [2.05, 4.69) is 36.8 Å². The largest absolute Gasteiger partial charge is 0.446 e. The van der Waals surface area contributed by atoms with Gasteiger partial charge in [0.2, 0.25) is 11.7 Å². The maximum atomic E-state index is 12.3. The standard InChI is InChI=1S/C19H20BrN5O3S/c1-3-21-18(27)22-17(26)12(2)29-19-24-23-16(14-9-10-15(20)28-14)25(19)11-13-7-5-4-6-8-13/h4-10,12H,3,11H2,1-2H3,(H2,21,22,26,27). The highest BCUT2D eigenvalue weighted by Crippen LogP contribution is 2.29. The third-order valence-electron chi connectivity index (χ3n) is 3.92. The van der Waals surface area contributed by atoms with Crippen LogP contribution in [0.25, 0.3) is 11.6 Å². The van der Waals surface area contributed by atoms with E-state index in [1.807, 2.05) is 34.9 Å². The number of carbonyl (C=O) groups is 2. The van der Waals surface area contributed by atoms with Crippen molar-refractivity contribution in [1.29, 1.82) is 0 Å². The number of carbonyl (C=O) groups excluding carboxylic acids is 2. The van der Waals surface area contributed by atoms with Gasteiger partial charge >= 0.3 is 6.03 Å². The number of rotatable bonds is 7. The first-order valence-electron chi connectivity index (χ1n) is 8.96. The number of imide groups is 1. The fourth-order valence-electron chi connectivity index (χ4n) is 2.53. The Morgan fingerprint density at radius 3 is 2.62 bits per heavy atom. The van der Waals surface area contributed by atoms with Crippen LogP contribution in [-0.4, -0.2) is 38.5 Å². The molecule has 3 rings (SSSR count). The zero-order valence-corrected chi connectivity index (χ0v) is 18.3. The molecule has 3 aromatic rings. The molecule has 0 saturated heterocycles. The average molecular weight is 478 g/mol. The van der Waals surface area contributed by atoms with Crippen LogP contribution in [0.3, 0.4) is 0 Å². The van der Waals surface area contributed by atoms with Crippen LogP contribution >= 0.6 is 27.7 Å². The summed E-state index contributed by atoms with van der Waals surface area (Å²) in [7, 11) is 0. The minimum atomic E-state index is -0.549. The first-order chi connectivity index (χ1) is 14.0. The van der Waals surface area contributed by atoms with Gasteiger partial charge in [0.05, 0.1) is 11.8 Å². The molecule has 0 radical (unpaired) electrons. The van der Waals surface area contributed by atoms with Gasteiger partial charge in [0.1, 0.15) is 0 Å². The Kier molecular flexibility index (Phi) is 7.10. The minimum Gasteiger partial charge on any atom is -0.446 e. The summed E-state index contributed by atoms with van der Waals surface area (Å²) in [5.74, 6) is 0.711. The summed E-state index contributed by atoms with van der Waals surface area (Å²) in [6.07, 6.45) is 0. The van der Waals surface area contributed by atoms with Gasteiger partial charge in [-0.25, -0.2) is 4.79 Å². The Labute approximate surface area is 180 Å². The van der Waals surface area contributed by atoms with E-state index in [1.165, 1.54) is 11.8 Å². The van der Waals surface area contributed by atoms with E-state index in [0.717, 1.165) is 5.56 Å². The topological polar surface area (TPSA) is 102 Å². The van der Waals surface area contributed by atoms with Crippen molar-refractivity contribution in [2.75, 3.05) is 6.54 Å². The van der Waals surface area contributed by atoms with E-state index >= 15 is 0 Å². The quantitative estimate of drug-likeness (QED) is 0.503. The number of hydrogen-bond acceptors (Lipinski definition) is 6. The van der Waals surface area contributed by atoms with E-state index < -0.39 is 17.2 Å². The molecule has 2 heterocycles. The van der Waals surface area contributed by atoms with Crippen LogP contribution in [0.5, 0.6) is 0 Å². The summed E-state index contributed by atoms with van der Waals surface area (Å²) >= 11 is 4.53. The third-order valence-corrected chi connectivity index (χ3v) is 5.43. The predicted octanol–water partition coefficient (Wildman–Crippen LogP) is 3.68. The molecule has 2 N–H and O–H groups in total.